The van der Waals surface area contributed by atoms with Gasteiger partial charge in [-0.25, -0.2) is 0 Å². The van der Waals surface area contributed by atoms with Crippen molar-refractivity contribution in [2.45, 2.75) is 39.2 Å². The van der Waals surface area contributed by atoms with Gasteiger partial charge in [0.2, 0.25) is 0 Å². The zero-order valence-electron chi connectivity index (χ0n) is 9.56. The van der Waals surface area contributed by atoms with Gasteiger partial charge in [0.05, 0.1) is 0 Å². The van der Waals surface area contributed by atoms with Gasteiger partial charge in [-0.2, -0.15) is 0 Å². The maximum absolute atomic E-state index is 9.94. The third-order valence-corrected chi connectivity index (χ3v) is 3.32. The summed E-state index contributed by atoms with van der Waals surface area (Å²) in [5, 5.41) is 13.1. The third kappa shape index (κ3) is 1.86. The minimum absolute atomic E-state index is 0.461. The van der Waals surface area contributed by atoms with E-state index in [1.165, 1.54) is 36.0 Å². The van der Waals surface area contributed by atoms with Gasteiger partial charge >= 0.3 is 0 Å². The van der Waals surface area contributed by atoms with E-state index in [-0.39, 0.29) is 0 Å². The predicted octanol–water partition coefficient (Wildman–Crippen LogP) is 2.30. The summed E-state index contributed by atoms with van der Waals surface area (Å²) in [5.74, 6) is 0.461. The Balaban J connectivity index is 2.53. The first-order valence-electron chi connectivity index (χ1n) is 5.72. The van der Waals surface area contributed by atoms with Crippen molar-refractivity contribution in [3.63, 3.8) is 0 Å². The van der Waals surface area contributed by atoms with Crippen LogP contribution in [0, 0.1) is 6.92 Å². The molecule has 2 N–H and O–H groups in total. The second-order valence-corrected chi connectivity index (χ2v) is 4.39. The molecule has 0 heterocycles. The van der Waals surface area contributed by atoms with Gasteiger partial charge in [-0.15, -0.1) is 0 Å². The van der Waals surface area contributed by atoms with Crippen LogP contribution in [0.2, 0.25) is 0 Å². The van der Waals surface area contributed by atoms with Crippen LogP contribution >= 0.6 is 0 Å². The zero-order valence-corrected chi connectivity index (χ0v) is 9.56. The Hall–Kier alpha value is -1.02. The van der Waals surface area contributed by atoms with Crippen LogP contribution in [0.1, 0.15) is 35.1 Å². The first-order valence-corrected chi connectivity index (χ1v) is 5.72. The molecule has 82 valence electrons. The number of hydrogen-bond acceptors (Lipinski definition) is 2. The minimum atomic E-state index is 0.461. The third-order valence-electron chi connectivity index (χ3n) is 3.32. The summed E-state index contributed by atoms with van der Waals surface area (Å²) in [5.41, 5.74) is 5.23. The number of fused-ring (bicyclic) bond motifs is 1. The van der Waals surface area contributed by atoms with E-state index < -0.39 is 0 Å². The van der Waals surface area contributed by atoms with Crippen molar-refractivity contribution in [1.82, 2.24) is 5.32 Å². The highest BCUT2D eigenvalue weighted by molar-refractivity contribution is 5.49. The maximum Gasteiger partial charge on any atom is 0.120 e. The van der Waals surface area contributed by atoms with Gasteiger partial charge in [-0.05, 0) is 62.4 Å². The molecule has 0 unspecified atom stereocenters. The van der Waals surface area contributed by atoms with E-state index in [4.69, 9.17) is 0 Å². The van der Waals surface area contributed by atoms with Gasteiger partial charge in [0.15, 0.2) is 0 Å². The SMILES string of the molecule is CNCc1c(O)cc(C)c2c1CCCC2. The number of phenolic OH excluding ortho intramolecular Hbond substituents is 1. The molecule has 1 aliphatic carbocycles. The number of phenols is 1. The second-order valence-electron chi connectivity index (χ2n) is 4.39. The number of aromatic hydroxyl groups is 1. The monoisotopic (exact) mass is 205 g/mol. The van der Waals surface area contributed by atoms with E-state index in [1.54, 1.807) is 0 Å². The summed E-state index contributed by atoms with van der Waals surface area (Å²) >= 11 is 0. The standard InChI is InChI=1S/C13H19NO/c1-9-7-13(15)12(8-14-2)11-6-4-3-5-10(9)11/h7,14-15H,3-6,8H2,1-2H3. The van der Waals surface area contributed by atoms with Crippen LogP contribution in [-0.2, 0) is 19.4 Å². The van der Waals surface area contributed by atoms with E-state index in [1.807, 2.05) is 13.1 Å². The van der Waals surface area contributed by atoms with Crippen LogP contribution in [0.4, 0.5) is 0 Å². The largest absolute Gasteiger partial charge is 0.508 e. The summed E-state index contributed by atoms with van der Waals surface area (Å²) < 4.78 is 0. The van der Waals surface area contributed by atoms with Crippen LogP contribution in [0.5, 0.6) is 5.75 Å². The number of benzene rings is 1. The Morgan fingerprint density at radius 2 is 1.93 bits per heavy atom. The van der Waals surface area contributed by atoms with Crippen LogP contribution in [0.3, 0.4) is 0 Å². The van der Waals surface area contributed by atoms with Crippen molar-refractivity contribution in [2.24, 2.45) is 0 Å². The Morgan fingerprint density at radius 3 is 2.60 bits per heavy atom. The van der Waals surface area contributed by atoms with Crippen LogP contribution in [0.25, 0.3) is 0 Å². The van der Waals surface area contributed by atoms with E-state index in [9.17, 15) is 5.11 Å². The van der Waals surface area contributed by atoms with Crippen LogP contribution < -0.4 is 5.32 Å². The molecule has 0 amide bonds. The van der Waals surface area contributed by atoms with E-state index in [0.717, 1.165) is 18.5 Å². The first-order chi connectivity index (χ1) is 7.24. The predicted molar refractivity (Wildman–Crippen MR) is 62.2 cm³/mol. The Kier molecular flexibility index (Phi) is 2.96. The Morgan fingerprint density at radius 1 is 1.27 bits per heavy atom. The van der Waals surface area contributed by atoms with Crippen LogP contribution in [-0.4, -0.2) is 12.2 Å². The lowest BCUT2D eigenvalue weighted by Crippen LogP contribution is -2.13. The maximum atomic E-state index is 9.94. The van der Waals surface area contributed by atoms with Gasteiger partial charge < -0.3 is 10.4 Å². The fraction of sp³-hybridized carbons (Fsp3) is 0.538. The quantitative estimate of drug-likeness (QED) is 0.776. The molecule has 0 aliphatic heterocycles. The topological polar surface area (TPSA) is 32.3 Å². The zero-order chi connectivity index (χ0) is 10.8. The van der Waals surface area contributed by atoms with Gasteiger partial charge in [0, 0.05) is 12.1 Å². The summed E-state index contributed by atoms with van der Waals surface area (Å²) in [6, 6.07) is 1.91. The summed E-state index contributed by atoms with van der Waals surface area (Å²) in [6.07, 6.45) is 4.85. The van der Waals surface area contributed by atoms with Crippen molar-refractivity contribution >= 4 is 0 Å². The van der Waals surface area contributed by atoms with Crippen molar-refractivity contribution in [1.29, 1.82) is 0 Å². The molecule has 1 aliphatic rings. The van der Waals surface area contributed by atoms with Crippen molar-refractivity contribution in [2.75, 3.05) is 7.05 Å². The molecule has 15 heavy (non-hydrogen) atoms. The normalized spacial score (nSPS) is 15.1. The molecule has 1 aromatic carbocycles. The molecule has 2 heteroatoms. The van der Waals surface area contributed by atoms with E-state index >= 15 is 0 Å². The van der Waals surface area contributed by atoms with Crippen LogP contribution in [0.15, 0.2) is 6.07 Å². The van der Waals surface area contributed by atoms with Gasteiger partial charge in [-0.1, -0.05) is 0 Å². The molecule has 0 saturated carbocycles. The molecule has 0 atom stereocenters. The second kappa shape index (κ2) is 4.23. The molecular formula is C13H19NO. The highest BCUT2D eigenvalue weighted by Crippen LogP contribution is 2.33. The molecule has 1 aromatic rings. The lowest BCUT2D eigenvalue weighted by Gasteiger charge is -2.22. The van der Waals surface area contributed by atoms with Crippen molar-refractivity contribution in [3.05, 3.63) is 28.3 Å². The number of nitrogens with one attached hydrogen (secondary N) is 1. The first kappa shape index (κ1) is 10.5. The highest BCUT2D eigenvalue weighted by atomic mass is 16.3. The van der Waals surface area contributed by atoms with Crippen molar-refractivity contribution < 1.29 is 5.11 Å². The lowest BCUT2D eigenvalue weighted by atomic mass is 9.85. The molecular weight excluding hydrogens is 186 g/mol. The molecule has 2 rings (SSSR count). The van der Waals surface area contributed by atoms with Crippen molar-refractivity contribution in [3.8, 4) is 5.75 Å². The molecule has 0 spiro atoms. The number of aryl methyl sites for hydroxylation is 1. The average Bonchev–Trinajstić information content (AvgIpc) is 2.24. The smallest absolute Gasteiger partial charge is 0.120 e. The lowest BCUT2D eigenvalue weighted by molar-refractivity contribution is 0.462. The van der Waals surface area contributed by atoms with Gasteiger partial charge in [-0.3, -0.25) is 0 Å². The van der Waals surface area contributed by atoms with E-state index in [0.29, 0.717) is 5.75 Å². The average molecular weight is 205 g/mol. The Bertz CT molecular complexity index is 371. The highest BCUT2D eigenvalue weighted by Gasteiger charge is 2.17. The fourth-order valence-electron chi connectivity index (χ4n) is 2.58. The van der Waals surface area contributed by atoms with Gasteiger partial charge in [0.25, 0.3) is 0 Å². The summed E-state index contributed by atoms with van der Waals surface area (Å²) in [7, 11) is 1.93. The molecule has 0 radical (unpaired) electrons. The summed E-state index contributed by atoms with van der Waals surface area (Å²) in [6.45, 7) is 2.88. The summed E-state index contributed by atoms with van der Waals surface area (Å²) in [4.78, 5) is 0. The minimum Gasteiger partial charge on any atom is -0.508 e. The molecule has 0 saturated heterocycles. The van der Waals surface area contributed by atoms with Gasteiger partial charge in [0.1, 0.15) is 5.75 Å². The molecule has 2 nitrogen and oxygen atoms in total. The molecule has 0 fully saturated rings. The Labute approximate surface area is 91.3 Å². The number of rotatable bonds is 2. The van der Waals surface area contributed by atoms with E-state index in [2.05, 4.69) is 12.2 Å². The number of hydrogen-bond donors (Lipinski definition) is 2. The molecule has 0 bridgehead atoms. The fourth-order valence-corrected chi connectivity index (χ4v) is 2.58. The molecule has 0 aromatic heterocycles.